The molecule has 0 aliphatic carbocycles. The van der Waals surface area contributed by atoms with Gasteiger partial charge < -0.3 is 16.0 Å². The summed E-state index contributed by atoms with van der Waals surface area (Å²) in [6, 6.07) is 14.1. The van der Waals surface area contributed by atoms with Gasteiger partial charge in [-0.2, -0.15) is 5.10 Å². The zero-order valence-corrected chi connectivity index (χ0v) is 19.2. The second-order valence-electron chi connectivity index (χ2n) is 8.22. The Kier molecular flexibility index (Phi) is 7.22. The third-order valence-electron chi connectivity index (χ3n) is 5.90. The van der Waals surface area contributed by atoms with Gasteiger partial charge in [-0.3, -0.25) is 19.7 Å². The number of likely N-dealkylation sites (tertiary alicyclic amines) is 1. The lowest BCUT2D eigenvalue weighted by atomic mass is 9.94. The average Bonchev–Trinajstić information content (AvgIpc) is 3.44. The lowest BCUT2D eigenvalue weighted by Gasteiger charge is -2.32. The number of amides is 2. The summed E-state index contributed by atoms with van der Waals surface area (Å²) in [4.78, 5) is 30.7. The number of nitrogens with one attached hydrogen (secondary N) is 2. The van der Waals surface area contributed by atoms with Gasteiger partial charge in [0.05, 0.1) is 17.1 Å². The van der Waals surface area contributed by atoms with Crippen LogP contribution < -0.4 is 21.9 Å². The van der Waals surface area contributed by atoms with E-state index in [1.54, 1.807) is 59.8 Å². The minimum absolute atomic E-state index is 0.0615. The molecule has 180 valence electrons. The van der Waals surface area contributed by atoms with Gasteiger partial charge in [-0.15, -0.1) is 0 Å². The van der Waals surface area contributed by atoms with E-state index in [-0.39, 0.29) is 23.4 Å². The van der Waals surface area contributed by atoms with Gasteiger partial charge >= 0.3 is 0 Å². The van der Waals surface area contributed by atoms with E-state index in [1.165, 1.54) is 11.1 Å². The molecule has 3 aromatic rings. The summed E-state index contributed by atoms with van der Waals surface area (Å²) in [6.07, 6.45) is 6.17. The molecule has 1 fully saturated rings. The number of piperidine rings is 1. The zero-order valence-electron chi connectivity index (χ0n) is 19.2. The van der Waals surface area contributed by atoms with E-state index >= 15 is 0 Å². The molecule has 10 heteroatoms. The van der Waals surface area contributed by atoms with Crippen LogP contribution in [0.5, 0.6) is 0 Å². The van der Waals surface area contributed by atoms with E-state index in [0.717, 1.165) is 18.5 Å². The second-order valence-corrected chi connectivity index (χ2v) is 8.22. The predicted molar refractivity (Wildman–Crippen MR) is 135 cm³/mol. The molecule has 2 amide bonds. The Hall–Kier alpha value is -4.44. The van der Waals surface area contributed by atoms with Crippen LogP contribution in [-0.4, -0.2) is 45.0 Å². The number of H-pyrrole nitrogens is 1. The third-order valence-corrected chi connectivity index (χ3v) is 5.90. The van der Waals surface area contributed by atoms with Crippen LogP contribution in [0.4, 0.5) is 11.4 Å². The van der Waals surface area contributed by atoms with Crippen molar-refractivity contribution in [3.8, 4) is 11.4 Å². The third kappa shape index (κ3) is 5.74. The summed E-state index contributed by atoms with van der Waals surface area (Å²) >= 11 is 0. The molecular weight excluding hydrogens is 444 g/mol. The fraction of sp³-hybridized carbons (Fsp3) is 0.200. The van der Waals surface area contributed by atoms with Crippen molar-refractivity contribution in [3.05, 3.63) is 85.0 Å². The number of anilines is 2. The molecule has 3 heterocycles. The van der Waals surface area contributed by atoms with Crippen molar-refractivity contribution in [2.75, 3.05) is 23.4 Å². The van der Waals surface area contributed by atoms with E-state index < -0.39 is 0 Å². The molecule has 0 unspecified atom stereocenters. The van der Waals surface area contributed by atoms with E-state index in [2.05, 4.69) is 27.1 Å². The molecule has 1 aromatic carbocycles. The topological polar surface area (TPSA) is 146 Å². The van der Waals surface area contributed by atoms with Crippen molar-refractivity contribution in [1.29, 1.82) is 0 Å². The number of hydrogen-bond donors (Lipinski definition) is 4. The number of benzene rings is 1. The first-order valence-corrected chi connectivity index (χ1v) is 11.3. The first-order valence-electron chi connectivity index (χ1n) is 11.3. The Morgan fingerprint density at radius 1 is 1.17 bits per heavy atom. The molecule has 4 rings (SSSR count). The molecule has 0 bridgehead atoms. The normalized spacial score (nSPS) is 14.4. The van der Waals surface area contributed by atoms with Crippen molar-refractivity contribution in [2.24, 2.45) is 17.5 Å². The standard InChI is InChI=1S/C25H28N8O2/c1-2-24(34)32-13-10-17(11-14-32)20(26)16-33(27)19-6-3-5-18(15-19)29-25(35)23-8-4-7-21(30-23)22-9-12-28-31-22/h2-9,12,15-17H,1,10-11,13-14,26-27H2,(H,28,31)(H,29,35)/b20-16-. The van der Waals surface area contributed by atoms with Crippen molar-refractivity contribution in [1.82, 2.24) is 20.1 Å². The molecule has 1 aliphatic rings. The Bertz CT molecular complexity index is 1230. The van der Waals surface area contributed by atoms with Crippen LogP contribution in [0.1, 0.15) is 23.3 Å². The number of aromatic nitrogens is 3. The number of aromatic amines is 1. The summed E-state index contributed by atoms with van der Waals surface area (Å²) in [6.45, 7) is 4.80. The van der Waals surface area contributed by atoms with Gasteiger partial charge in [0.1, 0.15) is 5.69 Å². The van der Waals surface area contributed by atoms with Crippen molar-refractivity contribution in [3.63, 3.8) is 0 Å². The van der Waals surface area contributed by atoms with E-state index in [4.69, 9.17) is 11.6 Å². The number of hydrogen-bond acceptors (Lipinski definition) is 7. The van der Waals surface area contributed by atoms with Crippen LogP contribution in [0.2, 0.25) is 0 Å². The largest absolute Gasteiger partial charge is 0.401 e. The average molecular weight is 473 g/mol. The molecule has 0 radical (unpaired) electrons. The molecule has 35 heavy (non-hydrogen) atoms. The minimum atomic E-state index is -0.344. The quantitative estimate of drug-likeness (QED) is 0.235. The van der Waals surface area contributed by atoms with Crippen LogP contribution in [0, 0.1) is 5.92 Å². The SMILES string of the molecule is C=CC(=O)N1CCC(/C(N)=C/N(N)c2cccc(NC(=O)c3cccc(-c4ccn[nH]4)n3)c2)CC1. The number of allylic oxidation sites excluding steroid dienone is 1. The maximum atomic E-state index is 12.8. The molecule has 0 saturated carbocycles. The molecular formula is C25H28N8O2. The first-order chi connectivity index (χ1) is 16.9. The van der Waals surface area contributed by atoms with Crippen LogP contribution in [0.25, 0.3) is 11.4 Å². The molecule has 1 saturated heterocycles. The number of carbonyl (C=O) groups is 2. The minimum Gasteiger partial charge on any atom is -0.401 e. The summed E-state index contributed by atoms with van der Waals surface area (Å²) in [5.41, 5.74) is 9.82. The Labute approximate surface area is 203 Å². The summed E-state index contributed by atoms with van der Waals surface area (Å²) < 4.78 is 0. The highest BCUT2D eigenvalue weighted by atomic mass is 16.2. The van der Waals surface area contributed by atoms with E-state index in [0.29, 0.717) is 35.9 Å². The number of pyridine rings is 1. The number of nitrogens with zero attached hydrogens (tertiary/aromatic N) is 4. The molecule has 0 spiro atoms. The first kappa shape index (κ1) is 23.7. The monoisotopic (exact) mass is 472 g/mol. The Morgan fingerprint density at radius 2 is 1.94 bits per heavy atom. The number of hydrazine groups is 1. The number of carbonyl (C=O) groups excluding carboxylic acids is 2. The fourth-order valence-corrected chi connectivity index (χ4v) is 3.95. The zero-order chi connectivity index (χ0) is 24.8. The van der Waals surface area contributed by atoms with Crippen molar-refractivity contribution in [2.45, 2.75) is 12.8 Å². The number of rotatable bonds is 7. The smallest absolute Gasteiger partial charge is 0.274 e. The van der Waals surface area contributed by atoms with Gasteiger partial charge in [-0.25, -0.2) is 10.8 Å². The highest BCUT2D eigenvalue weighted by Gasteiger charge is 2.23. The van der Waals surface area contributed by atoms with Gasteiger partial charge in [0.25, 0.3) is 5.91 Å². The van der Waals surface area contributed by atoms with Crippen LogP contribution in [0.15, 0.2) is 79.3 Å². The highest BCUT2D eigenvalue weighted by Crippen LogP contribution is 2.24. The van der Waals surface area contributed by atoms with E-state index in [9.17, 15) is 9.59 Å². The molecule has 6 N–H and O–H groups in total. The molecule has 1 aliphatic heterocycles. The highest BCUT2D eigenvalue weighted by molar-refractivity contribution is 6.03. The fourth-order valence-electron chi connectivity index (χ4n) is 3.95. The van der Waals surface area contributed by atoms with Crippen LogP contribution in [-0.2, 0) is 4.79 Å². The summed E-state index contributed by atoms with van der Waals surface area (Å²) in [7, 11) is 0. The van der Waals surface area contributed by atoms with Gasteiger partial charge in [0, 0.05) is 42.8 Å². The van der Waals surface area contributed by atoms with Crippen molar-refractivity contribution < 1.29 is 9.59 Å². The molecule has 10 nitrogen and oxygen atoms in total. The van der Waals surface area contributed by atoms with Gasteiger partial charge in [-0.1, -0.05) is 18.7 Å². The Balaban J connectivity index is 1.40. The van der Waals surface area contributed by atoms with Crippen LogP contribution in [0.3, 0.4) is 0 Å². The maximum absolute atomic E-state index is 12.8. The maximum Gasteiger partial charge on any atom is 0.274 e. The Morgan fingerprint density at radius 3 is 2.66 bits per heavy atom. The molecule has 2 aromatic heterocycles. The van der Waals surface area contributed by atoms with Crippen molar-refractivity contribution >= 4 is 23.2 Å². The van der Waals surface area contributed by atoms with Gasteiger partial charge in [-0.05, 0) is 55.3 Å². The number of nitrogens with two attached hydrogens (primary N) is 2. The van der Waals surface area contributed by atoms with Gasteiger partial charge in [0.15, 0.2) is 0 Å². The lowest BCUT2D eigenvalue weighted by molar-refractivity contribution is -0.127. The van der Waals surface area contributed by atoms with E-state index in [1.807, 2.05) is 6.07 Å². The second kappa shape index (κ2) is 10.7. The summed E-state index contributed by atoms with van der Waals surface area (Å²) in [5.74, 6) is 5.97. The summed E-state index contributed by atoms with van der Waals surface area (Å²) in [5, 5.41) is 11.0. The predicted octanol–water partition coefficient (Wildman–Crippen LogP) is 2.63. The van der Waals surface area contributed by atoms with Crippen LogP contribution >= 0.6 is 0 Å². The lowest BCUT2D eigenvalue weighted by Crippen LogP contribution is -2.39. The van der Waals surface area contributed by atoms with Gasteiger partial charge in [0.2, 0.25) is 5.91 Å². The molecule has 0 atom stereocenters.